The average Bonchev–Trinajstić information content (AvgIpc) is 2.57. The van der Waals surface area contributed by atoms with E-state index in [1.165, 1.54) is 0 Å². The molecule has 6 nitrogen and oxygen atoms in total. The van der Waals surface area contributed by atoms with Crippen LogP contribution in [0.25, 0.3) is 0 Å². The maximum absolute atomic E-state index is 12.6. The van der Waals surface area contributed by atoms with Crippen molar-refractivity contribution < 1.29 is 72.4 Å². The van der Waals surface area contributed by atoms with E-state index in [1.54, 1.807) is 0 Å². The van der Waals surface area contributed by atoms with Gasteiger partial charge in [0, 0.05) is 12.2 Å². The quantitative estimate of drug-likeness (QED) is 0.233. The lowest BCUT2D eigenvalue weighted by Gasteiger charge is -2.20. The van der Waals surface area contributed by atoms with E-state index in [1.807, 2.05) is 0 Å². The van der Waals surface area contributed by atoms with Gasteiger partial charge in [0.1, 0.15) is 25.4 Å². The number of rotatable bonds is 12. The number of carbonyl (C=O) groups is 2. The average molecular weight is 496 g/mol. The Morgan fingerprint density at radius 2 is 0.938 bits per heavy atom. The fourth-order valence-corrected chi connectivity index (χ4v) is 1.55. The SMILES string of the molecule is CC(COCC(F)(F)C(F)(F)F)OC(=O)/C=C\C(=O)OC(C)COCC(F)(F)C(F)(F)F. The van der Waals surface area contributed by atoms with Crippen LogP contribution in [-0.4, -0.2) is 74.8 Å². The zero-order chi connectivity index (χ0) is 25.4. The lowest BCUT2D eigenvalue weighted by Crippen LogP contribution is -2.41. The molecule has 0 saturated carbocycles. The standard InChI is InChI=1S/C16H18F10O6/c1-9(5-29-7-13(17,18)15(21,22)23)31-11(27)3-4-12(28)32-10(2)6-30-8-14(19,20)16(24,25)26/h3-4,9-10H,5-8H2,1-2H3/b4-3-. The first-order valence-corrected chi connectivity index (χ1v) is 8.42. The summed E-state index contributed by atoms with van der Waals surface area (Å²) < 4.78 is 140. The van der Waals surface area contributed by atoms with Crippen LogP contribution in [0.1, 0.15) is 13.8 Å². The molecule has 0 saturated heterocycles. The second-order valence-electron chi connectivity index (χ2n) is 6.26. The van der Waals surface area contributed by atoms with Crippen molar-refractivity contribution in [2.75, 3.05) is 26.4 Å². The van der Waals surface area contributed by atoms with Crippen LogP contribution in [0.4, 0.5) is 43.9 Å². The van der Waals surface area contributed by atoms with E-state index in [0.717, 1.165) is 13.8 Å². The van der Waals surface area contributed by atoms with Gasteiger partial charge in [-0.05, 0) is 13.8 Å². The molecule has 0 rings (SSSR count). The van der Waals surface area contributed by atoms with Gasteiger partial charge in [0.15, 0.2) is 0 Å². The third kappa shape index (κ3) is 11.0. The van der Waals surface area contributed by atoms with Gasteiger partial charge in [0.25, 0.3) is 0 Å². The third-order valence-electron chi connectivity index (χ3n) is 3.09. The zero-order valence-electron chi connectivity index (χ0n) is 16.4. The Balaban J connectivity index is 4.29. The van der Waals surface area contributed by atoms with Gasteiger partial charge in [0.2, 0.25) is 0 Å². The van der Waals surface area contributed by atoms with E-state index < -0.39 is 74.8 Å². The maximum Gasteiger partial charge on any atom is 0.455 e. The summed E-state index contributed by atoms with van der Waals surface area (Å²) in [4.78, 5) is 22.8. The number of halogens is 10. The van der Waals surface area contributed by atoms with Crippen LogP contribution in [0.15, 0.2) is 12.2 Å². The fraction of sp³-hybridized carbons (Fsp3) is 0.750. The Hall–Kier alpha value is -2.10. The molecule has 16 heteroatoms. The van der Waals surface area contributed by atoms with Crippen molar-refractivity contribution >= 4 is 11.9 Å². The van der Waals surface area contributed by atoms with Crippen LogP contribution in [0, 0.1) is 0 Å². The van der Waals surface area contributed by atoms with E-state index in [2.05, 4.69) is 18.9 Å². The molecule has 0 aliphatic rings. The summed E-state index contributed by atoms with van der Waals surface area (Å²) in [6, 6.07) is 0. The number of ether oxygens (including phenoxy) is 4. The molecule has 2 unspecified atom stereocenters. The molecule has 0 heterocycles. The van der Waals surface area contributed by atoms with E-state index in [-0.39, 0.29) is 0 Å². The molecule has 0 aliphatic heterocycles. The maximum atomic E-state index is 12.6. The molecule has 0 bridgehead atoms. The second-order valence-corrected chi connectivity index (χ2v) is 6.26. The Labute approximate surface area is 174 Å². The van der Waals surface area contributed by atoms with Gasteiger partial charge >= 0.3 is 36.1 Å². The molecule has 0 amide bonds. The topological polar surface area (TPSA) is 71.1 Å². The predicted octanol–water partition coefficient (Wildman–Crippen LogP) is 3.83. The summed E-state index contributed by atoms with van der Waals surface area (Å²) in [5.41, 5.74) is 0. The van der Waals surface area contributed by atoms with E-state index in [0.29, 0.717) is 12.2 Å². The minimum atomic E-state index is -5.82. The van der Waals surface area contributed by atoms with Crippen LogP contribution in [0.2, 0.25) is 0 Å². The van der Waals surface area contributed by atoms with Gasteiger partial charge in [-0.1, -0.05) is 0 Å². The molecule has 0 aromatic rings. The molecule has 0 N–H and O–H groups in total. The lowest BCUT2D eigenvalue weighted by molar-refractivity contribution is -0.297. The van der Waals surface area contributed by atoms with Crippen LogP contribution < -0.4 is 0 Å². The molecule has 0 spiro atoms. The highest BCUT2D eigenvalue weighted by molar-refractivity contribution is 5.91. The smallest absolute Gasteiger partial charge is 0.455 e. The van der Waals surface area contributed by atoms with Gasteiger partial charge in [-0.15, -0.1) is 0 Å². The molecule has 0 fully saturated rings. The van der Waals surface area contributed by atoms with Gasteiger partial charge in [0.05, 0.1) is 13.2 Å². The first kappa shape index (κ1) is 29.9. The monoisotopic (exact) mass is 496 g/mol. The Morgan fingerprint density at radius 3 is 1.19 bits per heavy atom. The van der Waals surface area contributed by atoms with E-state index >= 15 is 0 Å². The van der Waals surface area contributed by atoms with Crippen LogP contribution in [-0.2, 0) is 28.5 Å². The fourth-order valence-electron chi connectivity index (χ4n) is 1.55. The Bertz CT molecular complexity index is 590. The van der Waals surface area contributed by atoms with Gasteiger partial charge in [-0.25, -0.2) is 9.59 Å². The van der Waals surface area contributed by atoms with Crippen molar-refractivity contribution in [2.45, 2.75) is 50.3 Å². The number of hydrogen-bond acceptors (Lipinski definition) is 6. The van der Waals surface area contributed by atoms with Crippen LogP contribution >= 0.6 is 0 Å². The number of alkyl halides is 10. The summed E-state index contributed by atoms with van der Waals surface area (Å²) >= 11 is 0. The molecule has 188 valence electrons. The van der Waals surface area contributed by atoms with Gasteiger partial charge in [-0.2, -0.15) is 43.9 Å². The largest absolute Gasteiger partial charge is 0.457 e. The summed E-state index contributed by atoms with van der Waals surface area (Å²) in [6.45, 7) is -3.48. The molecule has 0 aliphatic carbocycles. The molecule has 0 aromatic carbocycles. The molecular formula is C16H18F10O6. The Kier molecular flexibility index (Phi) is 10.9. The number of carbonyl (C=O) groups excluding carboxylic acids is 2. The summed E-state index contributed by atoms with van der Waals surface area (Å²) in [5.74, 6) is -12.7. The normalized spacial score (nSPS) is 15.5. The van der Waals surface area contributed by atoms with Crippen molar-refractivity contribution in [3.8, 4) is 0 Å². The highest BCUT2D eigenvalue weighted by Gasteiger charge is 2.58. The molecule has 32 heavy (non-hydrogen) atoms. The molecule has 0 aromatic heterocycles. The van der Waals surface area contributed by atoms with E-state index in [9.17, 15) is 53.5 Å². The second kappa shape index (κ2) is 11.7. The zero-order valence-corrected chi connectivity index (χ0v) is 16.4. The Morgan fingerprint density at radius 1 is 0.656 bits per heavy atom. The highest BCUT2D eigenvalue weighted by Crippen LogP contribution is 2.36. The lowest BCUT2D eigenvalue weighted by atomic mass is 10.3. The minimum absolute atomic E-state index is 0.481. The van der Waals surface area contributed by atoms with Crippen molar-refractivity contribution in [3.63, 3.8) is 0 Å². The molecule has 2 atom stereocenters. The number of esters is 2. The van der Waals surface area contributed by atoms with Crippen molar-refractivity contribution in [3.05, 3.63) is 12.2 Å². The molecular weight excluding hydrogens is 478 g/mol. The summed E-state index contributed by atoms with van der Waals surface area (Å²) in [6.07, 6.45) is -13.2. The van der Waals surface area contributed by atoms with Gasteiger partial charge in [-0.3, -0.25) is 0 Å². The minimum Gasteiger partial charge on any atom is -0.457 e. The van der Waals surface area contributed by atoms with Crippen LogP contribution in [0.3, 0.4) is 0 Å². The van der Waals surface area contributed by atoms with Crippen LogP contribution in [0.5, 0.6) is 0 Å². The van der Waals surface area contributed by atoms with Gasteiger partial charge < -0.3 is 18.9 Å². The first-order valence-electron chi connectivity index (χ1n) is 8.42. The molecule has 0 radical (unpaired) electrons. The number of hydrogen-bond donors (Lipinski definition) is 0. The summed E-state index contributed by atoms with van der Waals surface area (Å²) in [7, 11) is 0. The van der Waals surface area contributed by atoms with E-state index in [4.69, 9.17) is 0 Å². The predicted molar refractivity (Wildman–Crippen MR) is 83.9 cm³/mol. The van der Waals surface area contributed by atoms with Crippen molar-refractivity contribution in [2.24, 2.45) is 0 Å². The highest BCUT2D eigenvalue weighted by atomic mass is 19.4. The third-order valence-corrected chi connectivity index (χ3v) is 3.09. The first-order chi connectivity index (χ1) is 14.3. The van der Waals surface area contributed by atoms with Crippen molar-refractivity contribution in [1.29, 1.82) is 0 Å². The van der Waals surface area contributed by atoms with Crippen molar-refractivity contribution in [1.82, 2.24) is 0 Å². The summed E-state index contributed by atoms with van der Waals surface area (Å²) in [5, 5.41) is 0.